The molecule has 3 rings (SSSR count). The largest absolute Gasteiger partial charge is 0.473 e. The van der Waals surface area contributed by atoms with E-state index in [0.29, 0.717) is 31.8 Å². The summed E-state index contributed by atoms with van der Waals surface area (Å²) in [4.78, 5) is 22.0. The number of halogens is 1. The fourth-order valence-electron chi connectivity index (χ4n) is 2.50. The number of likely N-dealkylation sites (tertiary alicyclic amines) is 1. The standard InChI is InChI=1S/C16H16FN3O2/c17-14-4-2-1-3-13(14)16(21)20-9-5-12(6-10-20)22-15-11-18-7-8-19-15/h1-4,7-8,11-12H,5-6,9-10H2. The Hall–Kier alpha value is -2.50. The van der Waals surface area contributed by atoms with Gasteiger partial charge >= 0.3 is 0 Å². The molecule has 1 saturated heterocycles. The Morgan fingerprint density at radius 3 is 2.68 bits per heavy atom. The van der Waals surface area contributed by atoms with E-state index in [-0.39, 0.29) is 17.6 Å². The van der Waals surface area contributed by atoms with Crippen molar-refractivity contribution < 1.29 is 13.9 Å². The molecule has 114 valence electrons. The highest BCUT2D eigenvalue weighted by Gasteiger charge is 2.26. The monoisotopic (exact) mass is 301 g/mol. The number of aromatic nitrogens is 2. The fraction of sp³-hybridized carbons (Fsp3) is 0.312. The summed E-state index contributed by atoms with van der Waals surface area (Å²) in [5.74, 6) is -0.261. The first-order chi connectivity index (χ1) is 10.7. The van der Waals surface area contributed by atoms with Crippen molar-refractivity contribution in [2.45, 2.75) is 18.9 Å². The Morgan fingerprint density at radius 2 is 2.00 bits per heavy atom. The average molecular weight is 301 g/mol. The van der Waals surface area contributed by atoms with Crippen molar-refractivity contribution in [2.75, 3.05) is 13.1 Å². The van der Waals surface area contributed by atoms with Crippen LogP contribution in [-0.2, 0) is 0 Å². The molecule has 0 unspecified atom stereocenters. The van der Waals surface area contributed by atoms with Crippen LogP contribution in [0.25, 0.3) is 0 Å². The maximum atomic E-state index is 13.7. The van der Waals surface area contributed by atoms with E-state index in [1.807, 2.05) is 0 Å². The third-order valence-electron chi connectivity index (χ3n) is 3.66. The van der Waals surface area contributed by atoms with Crippen LogP contribution in [0.2, 0.25) is 0 Å². The molecule has 1 aromatic carbocycles. The zero-order valence-electron chi connectivity index (χ0n) is 12.0. The minimum atomic E-state index is -0.481. The minimum absolute atomic E-state index is 0.00127. The third kappa shape index (κ3) is 3.21. The van der Waals surface area contributed by atoms with Crippen LogP contribution in [0.15, 0.2) is 42.9 Å². The van der Waals surface area contributed by atoms with Gasteiger partial charge in [0.2, 0.25) is 5.88 Å². The number of rotatable bonds is 3. The Kier molecular flexibility index (Phi) is 4.27. The average Bonchev–Trinajstić information content (AvgIpc) is 2.56. The maximum Gasteiger partial charge on any atom is 0.256 e. The molecule has 0 saturated carbocycles. The molecule has 1 fully saturated rings. The predicted molar refractivity (Wildman–Crippen MR) is 78.0 cm³/mol. The highest BCUT2D eigenvalue weighted by atomic mass is 19.1. The van der Waals surface area contributed by atoms with Gasteiger partial charge in [0, 0.05) is 38.3 Å². The number of carbonyl (C=O) groups is 1. The highest BCUT2D eigenvalue weighted by Crippen LogP contribution is 2.19. The van der Waals surface area contributed by atoms with E-state index in [1.54, 1.807) is 35.6 Å². The Morgan fingerprint density at radius 1 is 1.23 bits per heavy atom. The lowest BCUT2D eigenvalue weighted by atomic mass is 10.1. The fourth-order valence-corrected chi connectivity index (χ4v) is 2.50. The summed E-state index contributed by atoms with van der Waals surface area (Å²) in [6.45, 7) is 1.08. The third-order valence-corrected chi connectivity index (χ3v) is 3.66. The van der Waals surface area contributed by atoms with Crippen molar-refractivity contribution in [3.63, 3.8) is 0 Å². The second-order valence-electron chi connectivity index (χ2n) is 5.13. The van der Waals surface area contributed by atoms with Crippen LogP contribution >= 0.6 is 0 Å². The van der Waals surface area contributed by atoms with Crippen LogP contribution in [0.5, 0.6) is 5.88 Å². The summed E-state index contributed by atoms with van der Waals surface area (Å²) in [5, 5.41) is 0. The first kappa shape index (κ1) is 14.4. The van der Waals surface area contributed by atoms with E-state index in [0.717, 1.165) is 0 Å². The summed E-state index contributed by atoms with van der Waals surface area (Å²) >= 11 is 0. The van der Waals surface area contributed by atoms with E-state index in [1.165, 1.54) is 12.1 Å². The highest BCUT2D eigenvalue weighted by molar-refractivity contribution is 5.94. The lowest BCUT2D eigenvalue weighted by molar-refractivity contribution is 0.0583. The maximum absolute atomic E-state index is 13.7. The minimum Gasteiger partial charge on any atom is -0.473 e. The molecule has 1 amide bonds. The van der Waals surface area contributed by atoms with E-state index >= 15 is 0 Å². The summed E-state index contributed by atoms with van der Waals surface area (Å²) in [7, 11) is 0. The molecule has 0 atom stereocenters. The zero-order chi connectivity index (χ0) is 15.4. The lowest BCUT2D eigenvalue weighted by Crippen LogP contribution is -2.42. The Balaban J connectivity index is 1.58. The number of carbonyl (C=O) groups excluding carboxylic acids is 1. The molecule has 0 N–H and O–H groups in total. The summed E-state index contributed by atoms with van der Waals surface area (Å²) in [6.07, 6.45) is 6.11. The molecule has 1 aliphatic rings. The molecule has 0 aliphatic carbocycles. The van der Waals surface area contributed by atoms with Gasteiger partial charge in [-0.15, -0.1) is 0 Å². The van der Waals surface area contributed by atoms with Gasteiger partial charge in [-0.25, -0.2) is 9.37 Å². The molecular formula is C16H16FN3O2. The van der Waals surface area contributed by atoms with Gasteiger partial charge in [-0.05, 0) is 12.1 Å². The topological polar surface area (TPSA) is 55.3 Å². The number of ether oxygens (including phenoxy) is 1. The second-order valence-corrected chi connectivity index (χ2v) is 5.13. The van der Waals surface area contributed by atoms with Crippen molar-refractivity contribution in [2.24, 2.45) is 0 Å². The van der Waals surface area contributed by atoms with Gasteiger partial charge in [-0.2, -0.15) is 0 Å². The number of amides is 1. The molecule has 0 spiro atoms. The van der Waals surface area contributed by atoms with Crippen LogP contribution in [0.4, 0.5) is 4.39 Å². The van der Waals surface area contributed by atoms with Gasteiger partial charge < -0.3 is 9.64 Å². The number of piperidine rings is 1. The number of benzene rings is 1. The molecule has 1 aromatic heterocycles. The second kappa shape index (κ2) is 6.51. The van der Waals surface area contributed by atoms with Crippen molar-refractivity contribution in [1.29, 1.82) is 0 Å². The Labute approximate surface area is 127 Å². The lowest BCUT2D eigenvalue weighted by Gasteiger charge is -2.32. The normalized spacial score (nSPS) is 15.6. The molecule has 1 aliphatic heterocycles. The van der Waals surface area contributed by atoms with Crippen molar-refractivity contribution in [3.05, 3.63) is 54.2 Å². The van der Waals surface area contributed by atoms with E-state index in [4.69, 9.17) is 4.74 Å². The molecule has 6 heteroatoms. The van der Waals surface area contributed by atoms with E-state index < -0.39 is 5.82 Å². The van der Waals surface area contributed by atoms with Crippen molar-refractivity contribution in [3.8, 4) is 5.88 Å². The van der Waals surface area contributed by atoms with Gasteiger partial charge in [-0.1, -0.05) is 12.1 Å². The van der Waals surface area contributed by atoms with Gasteiger partial charge in [0.25, 0.3) is 5.91 Å². The summed E-state index contributed by atoms with van der Waals surface area (Å²) in [6, 6.07) is 6.06. The Bertz CT molecular complexity index is 643. The predicted octanol–water partition coefficient (Wildman–Crippen LogP) is 2.30. The first-order valence-corrected chi connectivity index (χ1v) is 7.20. The van der Waals surface area contributed by atoms with Crippen LogP contribution in [-0.4, -0.2) is 40.0 Å². The van der Waals surface area contributed by atoms with E-state index in [9.17, 15) is 9.18 Å². The smallest absolute Gasteiger partial charge is 0.256 e. The van der Waals surface area contributed by atoms with Crippen molar-refractivity contribution >= 4 is 5.91 Å². The molecule has 22 heavy (non-hydrogen) atoms. The van der Waals surface area contributed by atoms with Crippen LogP contribution in [0.3, 0.4) is 0 Å². The molecule has 0 bridgehead atoms. The van der Waals surface area contributed by atoms with Gasteiger partial charge in [0.1, 0.15) is 11.9 Å². The van der Waals surface area contributed by atoms with Gasteiger partial charge in [0.05, 0.1) is 11.8 Å². The first-order valence-electron chi connectivity index (χ1n) is 7.20. The number of hydrogen-bond donors (Lipinski definition) is 0. The van der Waals surface area contributed by atoms with Crippen LogP contribution in [0, 0.1) is 5.82 Å². The zero-order valence-corrected chi connectivity index (χ0v) is 12.0. The summed E-state index contributed by atoms with van der Waals surface area (Å²) < 4.78 is 19.4. The summed E-state index contributed by atoms with van der Waals surface area (Å²) in [5.41, 5.74) is 0.121. The molecule has 2 aromatic rings. The molecular weight excluding hydrogens is 285 g/mol. The quantitative estimate of drug-likeness (QED) is 0.873. The van der Waals surface area contributed by atoms with Gasteiger partial charge in [0.15, 0.2) is 0 Å². The van der Waals surface area contributed by atoms with Gasteiger partial charge in [-0.3, -0.25) is 9.78 Å². The number of nitrogens with zero attached hydrogens (tertiary/aromatic N) is 3. The molecule has 2 heterocycles. The number of hydrogen-bond acceptors (Lipinski definition) is 4. The molecule has 0 radical (unpaired) electrons. The van der Waals surface area contributed by atoms with E-state index in [2.05, 4.69) is 9.97 Å². The van der Waals surface area contributed by atoms with Crippen molar-refractivity contribution in [1.82, 2.24) is 14.9 Å². The van der Waals surface area contributed by atoms with Crippen LogP contribution in [0.1, 0.15) is 23.2 Å². The SMILES string of the molecule is O=C(c1ccccc1F)N1CCC(Oc2cnccn2)CC1. The molecule has 5 nitrogen and oxygen atoms in total. The van der Waals surface area contributed by atoms with Crippen LogP contribution < -0.4 is 4.74 Å².